The number of hydrogen-bond acceptors (Lipinski definition) is 3. The van der Waals surface area contributed by atoms with Gasteiger partial charge in [0.05, 0.1) is 19.1 Å². The molecule has 4 rings (SSSR count). The van der Waals surface area contributed by atoms with Gasteiger partial charge in [-0.1, -0.05) is 38.1 Å². The summed E-state index contributed by atoms with van der Waals surface area (Å²) in [5.74, 6) is -0.866. The molecule has 1 spiro atoms. The highest BCUT2D eigenvalue weighted by Gasteiger charge is 2.54. The second-order valence-electron chi connectivity index (χ2n) is 7.53. The van der Waals surface area contributed by atoms with Crippen LogP contribution in [0.25, 0.3) is 5.57 Å². The molecule has 2 atom stereocenters. The number of ether oxygens (including phenoxy) is 2. The van der Waals surface area contributed by atoms with Crippen LogP contribution < -0.4 is 0 Å². The summed E-state index contributed by atoms with van der Waals surface area (Å²) >= 11 is 0. The van der Waals surface area contributed by atoms with Crippen molar-refractivity contribution < 1.29 is 14.3 Å². The van der Waals surface area contributed by atoms with Crippen LogP contribution >= 0.6 is 0 Å². The van der Waals surface area contributed by atoms with Gasteiger partial charge in [-0.25, -0.2) is 0 Å². The number of carbonyl (C=O) groups excluding carboxylic acids is 1. The molecule has 2 aliphatic carbocycles. The molecule has 0 radical (unpaired) electrons. The van der Waals surface area contributed by atoms with E-state index >= 15 is 0 Å². The minimum absolute atomic E-state index is 0.00284. The number of hydrogen-bond donors (Lipinski definition) is 0. The van der Waals surface area contributed by atoms with Crippen molar-refractivity contribution in [2.24, 2.45) is 17.3 Å². The second kappa shape index (κ2) is 4.77. The molecule has 0 amide bonds. The van der Waals surface area contributed by atoms with Gasteiger partial charge in [-0.15, -0.1) is 0 Å². The first-order valence-electron chi connectivity index (χ1n) is 8.09. The van der Waals surface area contributed by atoms with Crippen molar-refractivity contribution in [2.45, 2.75) is 32.5 Å². The summed E-state index contributed by atoms with van der Waals surface area (Å²) in [6.45, 7) is 5.49. The van der Waals surface area contributed by atoms with Gasteiger partial charge >= 0.3 is 0 Å². The molecule has 3 heteroatoms. The topological polar surface area (TPSA) is 35.5 Å². The van der Waals surface area contributed by atoms with E-state index in [4.69, 9.17) is 9.47 Å². The lowest BCUT2D eigenvalue weighted by Gasteiger charge is -2.43. The van der Waals surface area contributed by atoms with Gasteiger partial charge in [0, 0.05) is 5.41 Å². The van der Waals surface area contributed by atoms with E-state index in [1.807, 2.05) is 0 Å². The predicted octanol–water partition coefficient (Wildman–Crippen LogP) is 3.23. The van der Waals surface area contributed by atoms with E-state index in [0.29, 0.717) is 13.2 Å². The predicted molar refractivity (Wildman–Crippen MR) is 84.2 cm³/mol. The molecule has 0 aromatic heterocycles. The monoisotopic (exact) mass is 298 g/mol. The van der Waals surface area contributed by atoms with Crippen molar-refractivity contribution in [2.75, 3.05) is 13.2 Å². The van der Waals surface area contributed by atoms with E-state index in [9.17, 15) is 4.79 Å². The highest BCUT2D eigenvalue weighted by atomic mass is 16.7. The quantitative estimate of drug-likeness (QED) is 0.747. The number of carbonyl (C=O) groups is 1. The molecule has 1 aliphatic heterocycles. The second-order valence-corrected chi connectivity index (χ2v) is 7.53. The van der Waals surface area contributed by atoms with Crippen LogP contribution in [-0.4, -0.2) is 25.3 Å². The Morgan fingerprint density at radius 3 is 2.64 bits per heavy atom. The van der Waals surface area contributed by atoms with Gasteiger partial charge in [-0.2, -0.15) is 0 Å². The first-order valence-corrected chi connectivity index (χ1v) is 8.09. The van der Waals surface area contributed by atoms with Crippen LogP contribution in [0.4, 0.5) is 0 Å². The number of aldehydes is 1. The fraction of sp³-hybridized carbons (Fsp3) is 0.526. The summed E-state index contributed by atoms with van der Waals surface area (Å²) < 4.78 is 12.2. The number of rotatable bonds is 1. The van der Waals surface area contributed by atoms with E-state index in [0.717, 1.165) is 19.1 Å². The van der Waals surface area contributed by atoms with Crippen LogP contribution in [-0.2, 0) is 20.7 Å². The SMILES string of the molecule is CC1(C)COC2(C=C3c4ccccc4CC[C@H]3[C@@H]2C=O)OC1. The molecular formula is C19H22O3. The van der Waals surface area contributed by atoms with Crippen LogP contribution in [0.1, 0.15) is 31.4 Å². The highest BCUT2D eigenvalue weighted by Crippen LogP contribution is 2.52. The van der Waals surface area contributed by atoms with Gasteiger partial charge in [0.1, 0.15) is 6.29 Å². The first kappa shape index (κ1) is 14.2. The van der Waals surface area contributed by atoms with Gasteiger partial charge in [-0.05, 0) is 41.5 Å². The zero-order chi connectivity index (χ0) is 15.4. The van der Waals surface area contributed by atoms with Gasteiger partial charge in [0.25, 0.3) is 0 Å². The third-order valence-electron chi connectivity index (χ3n) is 5.23. The smallest absolute Gasteiger partial charge is 0.198 e. The fourth-order valence-corrected chi connectivity index (χ4v) is 4.00. The Labute approximate surface area is 131 Å². The molecule has 1 saturated heterocycles. The van der Waals surface area contributed by atoms with Crippen molar-refractivity contribution in [1.82, 2.24) is 0 Å². The van der Waals surface area contributed by atoms with Crippen LogP contribution in [0.3, 0.4) is 0 Å². The Kier molecular flexibility index (Phi) is 3.07. The van der Waals surface area contributed by atoms with Crippen molar-refractivity contribution in [3.05, 3.63) is 41.5 Å². The molecule has 1 aromatic carbocycles. The minimum atomic E-state index is -0.852. The van der Waals surface area contributed by atoms with Gasteiger partial charge in [0.15, 0.2) is 5.79 Å². The zero-order valence-electron chi connectivity index (χ0n) is 13.2. The molecular weight excluding hydrogens is 276 g/mol. The van der Waals surface area contributed by atoms with Crippen molar-refractivity contribution in [1.29, 1.82) is 0 Å². The maximum atomic E-state index is 11.8. The van der Waals surface area contributed by atoms with Crippen molar-refractivity contribution in [3.63, 3.8) is 0 Å². The molecule has 0 bridgehead atoms. The van der Waals surface area contributed by atoms with Crippen molar-refractivity contribution in [3.8, 4) is 0 Å². The maximum Gasteiger partial charge on any atom is 0.198 e. The summed E-state index contributed by atoms with van der Waals surface area (Å²) in [6, 6.07) is 8.48. The normalized spacial score (nSPS) is 31.3. The van der Waals surface area contributed by atoms with Gasteiger partial charge in [-0.3, -0.25) is 0 Å². The van der Waals surface area contributed by atoms with Crippen LogP contribution in [0.5, 0.6) is 0 Å². The summed E-state index contributed by atoms with van der Waals surface area (Å²) in [5, 5.41) is 0. The molecule has 1 fully saturated rings. The highest BCUT2D eigenvalue weighted by molar-refractivity contribution is 5.80. The van der Waals surface area contributed by atoms with E-state index in [1.165, 1.54) is 16.7 Å². The van der Waals surface area contributed by atoms with Crippen molar-refractivity contribution >= 4 is 11.9 Å². The lowest BCUT2D eigenvalue weighted by molar-refractivity contribution is -0.288. The number of benzene rings is 1. The standard InChI is InChI=1S/C19H22O3/c1-18(2)11-21-19(22-12-18)9-16-14-6-4-3-5-13(14)7-8-15(16)17(19)10-20/h3-6,9-10,15,17H,7-8,11-12H2,1-2H3/t15-,17+/m1/s1. The average Bonchev–Trinajstić information content (AvgIpc) is 2.84. The summed E-state index contributed by atoms with van der Waals surface area (Å²) in [7, 11) is 0. The van der Waals surface area contributed by atoms with Gasteiger partial charge < -0.3 is 14.3 Å². The molecule has 1 aromatic rings. The first-order chi connectivity index (χ1) is 10.5. The average molecular weight is 298 g/mol. The Morgan fingerprint density at radius 1 is 1.18 bits per heavy atom. The molecule has 0 unspecified atom stereocenters. The van der Waals surface area contributed by atoms with E-state index in [1.54, 1.807) is 0 Å². The Balaban J connectivity index is 1.76. The molecule has 22 heavy (non-hydrogen) atoms. The third kappa shape index (κ3) is 1.99. The van der Waals surface area contributed by atoms with E-state index in [2.05, 4.69) is 44.2 Å². The number of aryl methyl sites for hydroxylation is 1. The lowest BCUT2D eigenvalue weighted by atomic mass is 9.77. The molecule has 116 valence electrons. The van der Waals surface area contributed by atoms with Crippen LogP contribution in [0, 0.1) is 17.3 Å². The largest absolute Gasteiger partial charge is 0.345 e. The Bertz CT molecular complexity index is 634. The molecule has 3 aliphatic rings. The van der Waals surface area contributed by atoms with E-state index < -0.39 is 5.79 Å². The molecule has 0 N–H and O–H groups in total. The molecule has 1 heterocycles. The van der Waals surface area contributed by atoms with Gasteiger partial charge in [0.2, 0.25) is 0 Å². The molecule has 0 saturated carbocycles. The lowest BCUT2D eigenvalue weighted by Crippen LogP contribution is -2.51. The minimum Gasteiger partial charge on any atom is -0.345 e. The zero-order valence-corrected chi connectivity index (χ0v) is 13.2. The number of fused-ring (bicyclic) bond motifs is 3. The maximum absolute atomic E-state index is 11.8. The summed E-state index contributed by atoms with van der Waals surface area (Å²) in [6.07, 6.45) is 5.14. The third-order valence-corrected chi connectivity index (χ3v) is 5.23. The summed E-state index contributed by atoms with van der Waals surface area (Å²) in [5.41, 5.74) is 3.86. The Hall–Kier alpha value is -1.45. The summed E-state index contributed by atoms with van der Waals surface area (Å²) in [4.78, 5) is 11.8. The van der Waals surface area contributed by atoms with Crippen LogP contribution in [0.15, 0.2) is 30.3 Å². The number of allylic oxidation sites excluding steroid dienone is 1. The van der Waals surface area contributed by atoms with E-state index in [-0.39, 0.29) is 17.3 Å². The van der Waals surface area contributed by atoms with Crippen LogP contribution in [0.2, 0.25) is 0 Å². The fourth-order valence-electron chi connectivity index (χ4n) is 4.00. The molecule has 3 nitrogen and oxygen atoms in total. The Morgan fingerprint density at radius 2 is 1.91 bits per heavy atom.